The number of phenolic OH excluding ortho intramolecular Hbond substituents is 1. The highest BCUT2D eigenvalue weighted by atomic mass is 16.3. The molecule has 23 heteroatoms. The number of aliphatic imine (C=N–C) groups is 1. The minimum absolute atomic E-state index is 0.00348. The fourth-order valence-electron chi connectivity index (χ4n) is 5.63. The molecule has 12 N–H and O–H groups in total. The average molecular weight is 705 g/mol. The van der Waals surface area contributed by atoms with Crippen molar-refractivity contribution in [2.45, 2.75) is 73.3 Å². The van der Waals surface area contributed by atoms with E-state index in [1.807, 2.05) is 0 Å². The van der Waals surface area contributed by atoms with Crippen molar-refractivity contribution in [2.75, 3.05) is 19.6 Å². The molecule has 258 valence electrons. The Morgan fingerprint density at radius 3 is 1.80 bits per heavy atom. The zero-order chi connectivity index (χ0) is 41.5. The zero-order valence-electron chi connectivity index (χ0n) is 30.6. The molecule has 0 heterocycles. The fraction of sp³-hybridized carbons (Fsp3) is 0.484. The third-order valence-electron chi connectivity index (χ3n) is 9.13. The van der Waals surface area contributed by atoms with Crippen molar-refractivity contribution in [1.29, 1.82) is 0 Å². The van der Waals surface area contributed by atoms with Crippen LogP contribution in [-0.4, -0.2) is 153 Å². The van der Waals surface area contributed by atoms with Crippen molar-refractivity contribution in [3.8, 4) is 5.75 Å². The van der Waals surface area contributed by atoms with Crippen LogP contribution < -0.4 is 66.2 Å². The van der Waals surface area contributed by atoms with Gasteiger partial charge in [-0.15, -0.1) is 32.5 Å². The van der Waals surface area contributed by atoms with Crippen LogP contribution in [0.1, 0.15) is 41.5 Å². The summed E-state index contributed by atoms with van der Waals surface area (Å²) in [5.41, 5.74) is 23.6. The Bertz CT molecular complexity index is 1690. The third-order valence-corrected chi connectivity index (χ3v) is 9.13. The second-order valence-corrected chi connectivity index (χ2v) is 13.6. The Morgan fingerprint density at radius 1 is 0.796 bits per heavy atom. The van der Waals surface area contributed by atoms with E-state index in [4.69, 9.17) is 109 Å². The van der Waals surface area contributed by atoms with E-state index in [1.165, 1.54) is 12.1 Å². The lowest BCUT2D eigenvalue weighted by Gasteiger charge is -2.45. The highest BCUT2D eigenvalue weighted by Gasteiger charge is 2.39. The van der Waals surface area contributed by atoms with Crippen LogP contribution in [0.15, 0.2) is 17.1 Å². The maximum atomic E-state index is 14.1. The number of nitrogens with zero attached hydrogens (tertiary/aromatic N) is 1. The van der Waals surface area contributed by atoms with Gasteiger partial charge in [0.15, 0.2) is 5.96 Å². The summed E-state index contributed by atoms with van der Waals surface area (Å²) in [6.45, 7) is 2.66. The number of aryl methyl sites for hydroxylation is 2. The minimum atomic E-state index is -2.07. The van der Waals surface area contributed by atoms with Gasteiger partial charge in [-0.25, -0.2) is 0 Å². The van der Waals surface area contributed by atoms with Gasteiger partial charge in [0.2, 0.25) is 17.7 Å². The van der Waals surface area contributed by atoms with Gasteiger partial charge in [0, 0.05) is 19.5 Å². The second kappa shape index (κ2) is 18.9. The van der Waals surface area contributed by atoms with Crippen molar-refractivity contribution < 1.29 is 19.5 Å². The summed E-state index contributed by atoms with van der Waals surface area (Å²) in [5.74, 6) is -2.61. The molecular weight excluding hydrogens is 667 g/mol. The van der Waals surface area contributed by atoms with E-state index < -0.39 is 71.0 Å². The molecule has 3 amide bonds. The highest BCUT2D eigenvalue weighted by Crippen LogP contribution is 2.44. The quantitative estimate of drug-likeness (QED) is 0.0321. The SMILES string of the molecule is [B]c1c([B])c([B])c(C([B])([B])CNC(=O)[C@H](CC([B])([B])C([B])([B])CN)NC(=O)[C@H](Cc2c(C)cc(O)cc2C)NC(=O)[C@H](N)CCCN=C(N)N)c([B])c1[B]. The van der Waals surface area contributed by atoms with E-state index in [0.717, 1.165) is 0 Å². The van der Waals surface area contributed by atoms with Crippen molar-refractivity contribution in [3.63, 3.8) is 0 Å². The van der Waals surface area contributed by atoms with E-state index in [2.05, 4.69) is 20.9 Å². The van der Waals surface area contributed by atoms with Crippen LogP contribution >= 0.6 is 0 Å². The number of carbonyl (C=O) groups is 3. The van der Waals surface area contributed by atoms with Gasteiger partial charge in [-0.3, -0.25) is 19.4 Å². The number of nitrogens with two attached hydrogens (primary N) is 4. The van der Waals surface area contributed by atoms with E-state index in [1.54, 1.807) is 13.8 Å². The van der Waals surface area contributed by atoms with Gasteiger partial charge in [-0.2, -0.15) is 0 Å². The molecule has 0 saturated carbocycles. The first-order valence-electron chi connectivity index (χ1n) is 16.7. The highest BCUT2D eigenvalue weighted by molar-refractivity contribution is 6.68. The first kappa shape index (κ1) is 46.7. The summed E-state index contributed by atoms with van der Waals surface area (Å²) in [6, 6.07) is -1.04. The number of phenols is 1. The average Bonchev–Trinajstić information content (AvgIpc) is 3.07. The number of guanidine groups is 1. The van der Waals surface area contributed by atoms with Crippen LogP contribution in [0.4, 0.5) is 0 Å². The molecule has 54 heavy (non-hydrogen) atoms. The Hall–Kier alpha value is -3.45. The molecule has 0 aliphatic rings. The van der Waals surface area contributed by atoms with E-state index in [-0.39, 0.29) is 64.0 Å². The second-order valence-electron chi connectivity index (χ2n) is 13.6. The minimum Gasteiger partial charge on any atom is -0.508 e. The molecule has 0 saturated heterocycles. The molecule has 0 aliphatic heterocycles. The summed E-state index contributed by atoms with van der Waals surface area (Å²) in [6.07, 6.45) is -0.176. The van der Waals surface area contributed by atoms with Gasteiger partial charge in [-0.1, -0.05) is 16.0 Å². The van der Waals surface area contributed by atoms with Crippen molar-refractivity contribution in [2.24, 2.45) is 27.9 Å². The third kappa shape index (κ3) is 11.8. The number of rotatable bonds is 18. The zero-order valence-corrected chi connectivity index (χ0v) is 30.6. The molecule has 0 aliphatic carbocycles. The number of hydrogen-bond donors (Lipinski definition) is 8. The largest absolute Gasteiger partial charge is 0.508 e. The molecule has 0 spiro atoms. The lowest BCUT2D eigenvalue weighted by atomic mass is 9.28. The molecule has 2 aromatic carbocycles. The first-order valence-corrected chi connectivity index (χ1v) is 16.7. The summed E-state index contributed by atoms with van der Waals surface area (Å²) in [7, 11) is 67.6. The van der Waals surface area contributed by atoms with Crippen LogP contribution in [0.3, 0.4) is 0 Å². The monoisotopic (exact) mass is 706 g/mol. The van der Waals surface area contributed by atoms with Gasteiger partial charge < -0.3 is 44.0 Å². The Morgan fingerprint density at radius 2 is 1.30 bits per heavy atom. The molecule has 0 fully saturated rings. The molecule has 0 bridgehead atoms. The van der Waals surface area contributed by atoms with Crippen LogP contribution in [0.5, 0.6) is 5.75 Å². The van der Waals surface area contributed by atoms with Gasteiger partial charge in [0.1, 0.15) is 57.1 Å². The summed E-state index contributed by atoms with van der Waals surface area (Å²) in [5, 5.41) is 11.8. The molecule has 22 radical (unpaired) electrons. The van der Waals surface area contributed by atoms with E-state index >= 15 is 0 Å². The molecule has 2 aromatic rings. The first-order chi connectivity index (χ1) is 24.8. The fourth-order valence-corrected chi connectivity index (χ4v) is 5.63. The maximum absolute atomic E-state index is 14.1. The Labute approximate surface area is 332 Å². The van der Waals surface area contributed by atoms with Crippen LogP contribution in [0, 0.1) is 13.8 Å². The Balaban J connectivity index is 2.52. The van der Waals surface area contributed by atoms with Gasteiger partial charge in [-0.05, 0) is 68.5 Å². The topological polar surface area (TPSA) is 224 Å². The van der Waals surface area contributed by atoms with Crippen LogP contribution in [0.25, 0.3) is 0 Å². The number of benzene rings is 2. The molecular formula is C31H37B11N8O4. The number of carbonyl (C=O) groups excluding carboxylic acids is 3. The predicted molar refractivity (Wildman–Crippen MR) is 225 cm³/mol. The summed E-state index contributed by atoms with van der Waals surface area (Å²) in [4.78, 5) is 45.2. The van der Waals surface area contributed by atoms with Gasteiger partial charge >= 0.3 is 0 Å². The molecule has 2 rings (SSSR count). The standard InChI is InChI=1S/C31H37B11N8O4/c1-12-6-14(51)7-13(2)15(12)8-17(49-25(52)16(44)4-3-5-47-28(45)46)27(54)50-18(9-30(39,40)31(41,42)10-43)26(53)48-11-29(37,38)19-20(32)22(34)24(36)23(35)21(19)33/h6-7,16-18,51H,3-5,8-11,43-44H2,1-2H3,(H,48,53)(H,49,52)(H,50,54)(H4,45,46,47)/t16-,17+,18+/m1/s1. The van der Waals surface area contributed by atoms with Crippen molar-refractivity contribution in [3.05, 3.63) is 34.4 Å². The summed E-state index contributed by atoms with van der Waals surface area (Å²) >= 11 is 0. The van der Waals surface area contributed by atoms with Crippen molar-refractivity contribution >= 4 is 137 Å². The molecule has 12 nitrogen and oxygen atoms in total. The number of aromatic hydroxyl groups is 1. The van der Waals surface area contributed by atoms with E-state index in [9.17, 15) is 19.5 Å². The van der Waals surface area contributed by atoms with E-state index in [0.29, 0.717) is 23.1 Å². The van der Waals surface area contributed by atoms with Gasteiger partial charge in [0.05, 0.1) is 53.1 Å². The lowest BCUT2D eigenvalue weighted by molar-refractivity contribution is -0.132. The molecule has 3 atom stereocenters. The smallest absolute Gasteiger partial charge is 0.243 e. The van der Waals surface area contributed by atoms with Crippen LogP contribution in [-0.2, 0) is 26.0 Å². The number of amides is 3. The predicted octanol–water partition coefficient (Wildman–Crippen LogP) is -8.57. The lowest BCUT2D eigenvalue weighted by Crippen LogP contribution is -2.62. The molecule has 0 aromatic heterocycles. The summed E-state index contributed by atoms with van der Waals surface area (Å²) < 4.78 is 0. The normalized spacial score (nSPS) is 13.6. The van der Waals surface area contributed by atoms with Gasteiger partial charge in [0.25, 0.3) is 0 Å². The van der Waals surface area contributed by atoms with Crippen molar-refractivity contribution in [1.82, 2.24) is 16.0 Å². The molecule has 0 unspecified atom stereocenters. The Kier molecular flexibility index (Phi) is 16.4. The maximum Gasteiger partial charge on any atom is 0.243 e. The number of nitrogens with one attached hydrogen (secondary N) is 3. The van der Waals surface area contributed by atoms with Crippen LogP contribution in [0.2, 0.25) is 10.4 Å². The number of hydrogen-bond acceptors (Lipinski definition) is 7.